The van der Waals surface area contributed by atoms with Gasteiger partial charge in [0, 0.05) is 34.7 Å². The number of hydrogen-bond donors (Lipinski definition) is 2. The van der Waals surface area contributed by atoms with Crippen molar-refractivity contribution in [3.63, 3.8) is 0 Å². The molecule has 5 aromatic rings. The van der Waals surface area contributed by atoms with Gasteiger partial charge in [0.2, 0.25) is 5.95 Å². The van der Waals surface area contributed by atoms with E-state index in [1.165, 1.54) is 36.8 Å². The van der Waals surface area contributed by atoms with Crippen molar-refractivity contribution in [1.82, 2.24) is 15.0 Å². The predicted molar refractivity (Wildman–Crippen MR) is 122 cm³/mol. The van der Waals surface area contributed by atoms with Crippen LogP contribution in [0.5, 0.6) is 0 Å². The van der Waals surface area contributed by atoms with Crippen molar-refractivity contribution in [3.05, 3.63) is 84.8 Å². The van der Waals surface area contributed by atoms with E-state index in [1.54, 1.807) is 24.3 Å². The predicted octanol–water partition coefficient (Wildman–Crippen LogP) is 4.51. The van der Waals surface area contributed by atoms with E-state index >= 15 is 4.39 Å². The van der Waals surface area contributed by atoms with E-state index in [1.807, 2.05) is 0 Å². The highest BCUT2D eigenvalue weighted by atomic mass is 32.2. The number of pyridine rings is 1. The van der Waals surface area contributed by atoms with Gasteiger partial charge in [0.05, 0.1) is 21.7 Å². The summed E-state index contributed by atoms with van der Waals surface area (Å²) in [5.41, 5.74) is 5.52. The number of nitrogens with zero attached hydrogens (tertiary/aromatic N) is 3. The van der Waals surface area contributed by atoms with Crippen molar-refractivity contribution >= 4 is 43.3 Å². The Hall–Kier alpha value is -4.18. The van der Waals surface area contributed by atoms with Crippen LogP contribution in [0.1, 0.15) is 0 Å². The zero-order valence-electron chi connectivity index (χ0n) is 16.8. The van der Waals surface area contributed by atoms with Gasteiger partial charge >= 0.3 is 0 Å². The van der Waals surface area contributed by atoms with Gasteiger partial charge in [-0.25, -0.2) is 27.2 Å². The van der Waals surface area contributed by atoms with Crippen molar-refractivity contribution in [1.29, 1.82) is 0 Å². The standard InChI is InChI=1S/C23H15F2N5O2S/c24-17-5-7-19(30-33(31,32)20-3-1-2-14-11-27-9-8-16(14)20)22(25)21(17)13-4-6-18-15(10-13)12-28-23(26)29-18/h1-12,30H,(H2,26,28,29). The molecular formula is C23H15F2N5O2S. The van der Waals surface area contributed by atoms with Gasteiger partial charge < -0.3 is 5.73 Å². The zero-order chi connectivity index (χ0) is 23.2. The Balaban J connectivity index is 1.59. The van der Waals surface area contributed by atoms with Crippen LogP contribution >= 0.6 is 0 Å². The number of rotatable bonds is 4. The molecule has 3 N–H and O–H groups in total. The summed E-state index contributed by atoms with van der Waals surface area (Å²) >= 11 is 0. The first-order valence-electron chi connectivity index (χ1n) is 9.70. The number of sulfonamides is 1. The Morgan fingerprint density at radius 1 is 0.939 bits per heavy atom. The molecule has 3 aromatic carbocycles. The Morgan fingerprint density at radius 3 is 2.64 bits per heavy atom. The molecule has 33 heavy (non-hydrogen) atoms. The van der Waals surface area contributed by atoms with E-state index in [2.05, 4.69) is 19.7 Å². The minimum absolute atomic E-state index is 0.0480. The first-order valence-corrected chi connectivity index (χ1v) is 11.2. The topological polar surface area (TPSA) is 111 Å². The van der Waals surface area contributed by atoms with Gasteiger partial charge in [-0.15, -0.1) is 0 Å². The van der Waals surface area contributed by atoms with E-state index in [0.29, 0.717) is 21.7 Å². The van der Waals surface area contributed by atoms with Gasteiger partial charge in [0.25, 0.3) is 10.0 Å². The third-order valence-electron chi connectivity index (χ3n) is 5.15. The van der Waals surface area contributed by atoms with Crippen LogP contribution in [-0.4, -0.2) is 23.4 Å². The van der Waals surface area contributed by atoms with Crippen LogP contribution in [0.25, 0.3) is 32.8 Å². The molecule has 0 saturated carbocycles. The Labute approximate surface area is 187 Å². The maximum Gasteiger partial charge on any atom is 0.262 e. The van der Waals surface area contributed by atoms with E-state index in [4.69, 9.17) is 5.73 Å². The third kappa shape index (κ3) is 3.70. The molecule has 0 saturated heterocycles. The highest BCUT2D eigenvalue weighted by molar-refractivity contribution is 7.93. The fraction of sp³-hybridized carbons (Fsp3) is 0. The summed E-state index contributed by atoms with van der Waals surface area (Å²) in [5.74, 6) is -1.81. The largest absolute Gasteiger partial charge is 0.368 e. The fourth-order valence-electron chi connectivity index (χ4n) is 3.63. The second kappa shape index (κ2) is 7.75. The van der Waals surface area contributed by atoms with Gasteiger partial charge in [-0.05, 0) is 42.0 Å². The van der Waals surface area contributed by atoms with Crippen LogP contribution in [0.2, 0.25) is 0 Å². The molecule has 2 heterocycles. The second-order valence-corrected chi connectivity index (χ2v) is 8.90. The van der Waals surface area contributed by atoms with Crippen LogP contribution in [0, 0.1) is 11.6 Å². The number of anilines is 2. The molecule has 5 rings (SSSR count). The van der Waals surface area contributed by atoms with Gasteiger partial charge in [-0.2, -0.15) is 0 Å². The summed E-state index contributed by atoms with van der Waals surface area (Å²) in [4.78, 5) is 11.9. The number of nitrogens with two attached hydrogens (primary N) is 1. The molecule has 0 bridgehead atoms. The lowest BCUT2D eigenvalue weighted by Gasteiger charge is -2.14. The Morgan fingerprint density at radius 2 is 1.79 bits per heavy atom. The highest BCUT2D eigenvalue weighted by Gasteiger charge is 2.22. The molecule has 0 fully saturated rings. The number of halogens is 2. The lowest BCUT2D eigenvalue weighted by Crippen LogP contribution is -2.15. The summed E-state index contributed by atoms with van der Waals surface area (Å²) < 4.78 is 58.5. The van der Waals surface area contributed by atoms with Crippen LogP contribution in [0.15, 0.2) is 78.1 Å². The summed E-state index contributed by atoms with van der Waals surface area (Å²) in [5, 5.41) is 1.56. The molecule has 0 unspecified atom stereocenters. The molecule has 2 aromatic heterocycles. The smallest absolute Gasteiger partial charge is 0.262 e. The van der Waals surface area contributed by atoms with Crippen LogP contribution < -0.4 is 10.5 Å². The van der Waals surface area contributed by atoms with Crippen molar-refractivity contribution < 1.29 is 17.2 Å². The maximum atomic E-state index is 15.4. The molecule has 0 aliphatic rings. The number of fused-ring (bicyclic) bond motifs is 2. The van der Waals surface area contributed by atoms with E-state index in [-0.39, 0.29) is 27.7 Å². The summed E-state index contributed by atoms with van der Waals surface area (Å²) in [7, 11) is -4.19. The number of aromatic nitrogens is 3. The first kappa shape index (κ1) is 20.7. The molecule has 0 amide bonds. The molecule has 0 radical (unpaired) electrons. The third-order valence-corrected chi connectivity index (χ3v) is 6.58. The molecule has 164 valence electrons. The van der Waals surface area contributed by atoms with Gasteiger partial charge in [-0.1, -0.05) is 18.2 Å². The first-order chi connectivity index (χ1) is 15.8. The lowest BCUT2D eigenvalue weighted by atomic mass is 10.0. The molecule has 10 heteroatoms. The molecular weight excluding hydrogens is 448 g/mol. The second-order valence-electron chi connectivity index (χ2n) is 7.24. The zero-order valence-corrected chi connectivity index (χ0v) is 17.6. The summed E-state index contributed by atoms with van der Waals surface area (Å²) in [6.45, 7) is 0. The number of nitrogens with one attached hydrogen (secondary N) is 1. The number of hydrogen-bond acceptors (Lipinski definition) is 6. The van der Waals surface area contributed by atoms with Crippen LogP contribution in [0.3, 0.4) is 0 Å². The summed E-state index contributed by atoms with van der Waals surface area (Å²) in [6.07, 6.45) is 4.44. The average molecular weight is 463 g/mol. The summed E-state index contributed by atoms with van der Waals surface area (Å²) in [6, 6.07) is 12.8. The lowest BCUT2D eigenvalue weighted by molar-refractivity contribution is 0.588. The van der Waals surface area contributed by atoms with Gasteiger partial charge in [0.15, 0.2) is 5.82 Å². The van der Waals surface area contributed by atoms with Crippen molar-refractivity contribution in [2.75, 3.05) is 10.5 Å². The van der Waals surface area contributed by atoms with Crippen molar-refractivity contribution in [2.45, 2.75) is 4.90 Å². The minimum Gasteiger partial charge on any atom is -0.368 e. The minimum atomic E-state index is -4.19. The Bertz CT molecular complexity index is 1650. The average Bonchev–Trinajstić information content (AvgIpc) is 2.80. The molecule has 0 aliphatic carbocycles. The Kier molecular flexibility index (Phi) is 4.86. The number of benzene rings is 3. The maximum absolute atomic E-state index is 15.4. The quantitative estimate of drug-likeness (QED) is 0.406. The van der Waals surface area contributed by atoms with Gasteiger partial charge in [-0.3, -0.25) is 9.71 Å². The normalized spacial score (nSPS) is 11.7. The van der Waals surface area contributed by atoms with Crippen molar-refractivity contribution in [3.8, 4) is 11.1 Å². The highest BCUT2D eigenvalue weighted by Crippen LogP contribution is 2.34. The van der Waals surface area contributed by atoms with E-state index in [9.17, 15) is 12.8 Å². The molecule has 7 nitrogen and oxygen atoms in total. The van der Waals surface area contributed by atoms with Crippen molar-refractivity contribution in [2.24, 2.45) is 0 Å². The number of nitrogen functional groups attached to an aromatic ring is 1. The SMILES string of the molecule is Nc1ncc2cc(-c3c(F)ccc(NS(=O)(=O)c4cccc5cnccc45)c3F)ccc2n1. The molecule has 0 aliphatic heterocycles. The van der Waals surface area contributed by atoms with E-state index < -0.39 is 21.7 Å². The van der Waals surface area contributed by atoms with Crippen LogP contribution in [-0.2, 0) is 10.0 Å². The van der Waals surface area contributed by atoms with Crippen LogP contribution in [0.4, 0.5) is 20.4 Å². The fourth-order valence-corrected chi connectivity index (χ4v) is 4.92. The van der Waals surface area contributed by atoms with E-state index in [0.717, 1.165) is 12.1 Å². The monoisotopic (exact) mass is 463 g/mol. The molecule has 0 atom stereocenters. The van der Waals surface area contributed by atoms with Gasteiger partial charge in [0.1, 0.15) is 5.82 Å². The molecule has 0 spiro atoms.